The van der Waals surface area contributed by atoms with Crippen molar-refractivity contribution in [3.05, 3.63) is 86.9 Å². The zero-order valence-electron chi connectivity index (χ0n) is 19.0. The summed E-state index contributed by atoms with van der Waals surface area (Å²) < 4.78 is 26.8. The van der Waals surface area contributed by atoms with E-state index >= 15 is 0 Å². The van der Waals surface area contributed by atoms with E-state index in [-0.39, 0.29) is 29.4 Å². The molecule has 2 heterocycles. The van der Waals surface area contributed by atoms with Crippen molar-refractivity contribution in [2.75, 3.05) is 19.6 Å². The third-order valence-electron chi connectivity index (χ3n) is 6.11. The number of rotatable bonds is 7. The zero-order chi connectivity index (χ0) is 24.1. The number of benzene rings is 2. The molecular weight excluding hydrogens is 456 g/mol. The molecule has 1 saturated heterocycles. The second-order valence-corrected chi connectivity index (χ2v) is 9.61. The van der Waals surface area contributed by atoms with Gasteiger partial charge in [-0.05, 0) is 55.5 Å². The number of hydrogen-bond donors (Lipinski definition) is 1. The lowest BCUT2D eigenvalue weighted by molar-refractivity contribution is -0.126. The number of hydrogen-bond acceptors (Lipinski definition) is 4. The van der Waals surface area contributed by atoms with Gasteiger partial charge in [-0.25, -0.2) is 13.8 Å². The Bertz CT molecular complexity index is 1160. The zero-order valence-corrected chi connectivity index (χ0v) is 19.8. The molecule has 2 amide bonds. The Morgan fingerprint density at radius 3 is 2.50 bits per heavy atom. The molecule has 0 spiro atoms. The molecule has 0 radical (unpaired) electrons. The molecule has 178 valence electrons. The van der Waals surface area contributed by atoms with Gasteiger partial charge in [0.1, 0.15) is 16.5 Å². The number of carbonyl (C=O) groups is 2. The highest BCUT2D eigenvalue weighted by Crippen LogP contribution is 2.25. The lowest BCUT2D eigenvalue weighted by Gasteiger charge is -2.31. The van der Waals surface area contributed by atoms with Crippen LogP contribution in [0.4, 0.5) is 8.78 Å². The molecule has 1 fully saturated rings. The predicted molar refractivity (Wildman–Crippen MR) is 128 cm³/mol. The molecule has 0 unspecified atom stereocenters. The lowest BCUT2D eigenvalue weighted by atomic mass is 9.95. The van der Waals surface area contributed by atoms with Crippen LogP contribution in [0.5, 0.6) is 0 Å². The highest BCUT2D eigenvalue weighted by atomic mass is 32.1. The Labute approximate surface area is 201 Å². The van der Waals surface area contributed by atoms with Gasteiger partial charge in [-0.2, -0.15) is 0 Å². The van der Waals surface area contributed by atoms with Gasteiger partial charge in [0.25, 0.3) is 5.91 Å². The third-order valence-corrected chi connectivity index (χ3v) is 7.25. The van der Waals surface area contributed by atoms with E-state index in [9.17, 15) is 18.4 Å². The van der Waals surface area contributed by atoms with Crippen LogP contribution in [0.1, 0.15) is 44.3 Å². The van der Waals surface area contributed by atoms with Crippen LogP contribution in [0.3, 0.4) is 0 Å². The predicted octanol–water partition coefficient (Wildman–Crippen LogP) is 4.53. The van der Waals surface area contributed by atoms with Crippen LogP contribution in [0.25, 0.3) is 0 Å². The summed E-state index contributed by atoms with van der Waals surface area (Å²) in [6.45, 7) is 3.23. The number of piperidine rings is 1. The smallest absolute Gasteiger partial charge is 0.265 e. The molecule has 0 atom stereocenters. The largest absolute Gasteiger partial charge is 0.356 e. The molecule has 8 heteroatoms. The minimum atomic E-state index is -0.280. The number of amides is 2. The van der Waals surface area contributed by atoms with Gasteiger partial charge >= 0.3 is 0 Å². The quantitative estimate of drug-likeness (QED) is 0.537. The number of halogens is 2. The van der Waals surface area contributed by atoms with Crippen molar-refractivity contribution in [2.45, 2.75) is 32.6 Å². The fourth-order valence-corrected chi connectivity index (χ4v) is 5.22. The third kappa shape index (κ3) is 5.86. The standard InChI is InChI=1S/C26H27F2N3O2S/c1-17-24(34-23(30-17)16-18-6-8-21(27)9-7-18)26(33)31-14-11-20(12-15-31)25(32)29-13-10-19-4-2-3-5-22(19)28/h2-9,20H,10-16H2,1H3,(H,29,32). The summed E-state index contributed by atoms with van der Waals surface area (Å²) in [6, 6.07) is 12.8. The van der Waals surface area contributed by atoms with Crippen LogP contribution < -0.4 is 5.32 Å². The molecule has 4 rings (SSSR count). The topological polar surface area (TPSA) is 62.3 Å². The molecule has 3 aromatic rings. The highest BCUT2D eigenvalue weighted by molar-refractivity contribution is 7.13. The summed E-state index contributed by atoms with van der Waals surface area (Å²) >= 11 is 1.37. The Morgan fingerprint density at radius 2 is 1.79 bits per heavy atom. The maximum Gasteiger partial charge on any atom is 0.265 e. The number of thiazole rings is 1. The van der Waals surface area contributed by atoms with Crippen molar-refractivity contribution in [2.24, 2.45) is 5.92 Å². The minimum absolute atomic E-state index is 0.0426. The van der Waals surface area contributed by atoms with Gasteiger partial charge < -0.3 is 10.2 Å². The molecule has 0 bridgehead atoms. The van der Waals surface area contributed by atoms with Crippen molar-refractivity contribution in [1.82, 2.24) is 15.2 Å². The Balaban J connectivity index is 1.27. The molecule has 2 aromatic carbocycles. The van der Waals surface area contributed by atoms with E-state index in [1.54, 1.807) is 35.2 Å². The van der Waals surface area contributed by atoms with Gasteiger partial charge in [0.15, 0.2) is 0 Å². The average Bonchev–Trinajstić information content (AvgIpc) is 3.21. The van der Waals surface area contributed by atoms with E-state index in [1.165, 1.54) is 29.5 Å². The number of aromatic nitrogens is 1. The van der Waals surface area contributed by atoms with Crippen molar-refractivity contribution in [3.63, 3.8) is 0 Å². The number of nitrogens with one attached hydrogen (secondary N) is 1. The first-order valence-corrected chi connectivity index (χ1v) is 12.2. The number of carbonyl (C=O) groups excluding carboxylic acids is 2. The average molecular weight is 484 g/mol. The van der Waals surface area contributed by atoms with Crippen LogP contribution in [-0.4, -0.2) is 41.3 Å². The number of nitrogens with zero attached hydrogens (tertiary/aromatic N) is 2. The van der Waals surface area contributed by atoms with Crippen molar-refractivity contribution in [1.29, 1.82) is 0 Å². The molecule has 34 heavy (non-hydrogen) atoms. The van der Waals surface area contributed by atoms with Gasteiger partial charge in [0.2, 0.25) is 5.91 Å². The lowest BCUT2D eigenvalue weighted by Crippen LogP contribution is -2.43. The second-order valence-electron chi connectivity index (χ2n) is 8.52. The van der Waals surface area contributed by atoms with E-state index in [0.29, 0.717) is 61.5 Å². The van der Waals surface area contributed by atoms with Crippen LogP contribution in [-0.2, 0) is 17.6 Å². The van der Waals surface area contributed by atoms with Gasteiger partial charge in [0, 0.05) is 32.0 Å². The molecule has 0 saturated carbocycles. The van der Waals surface area contributed by atoms with E-state index in [0.717, 1.165) is 10.6 Å². The van der Waals surface area contributed by atoms with Gasteiger partial charge in [-0.1, -0.05) is 30.3 Å². The van der Waals surface area contributed by atoms with Crippen LogP contribution in [0, 0.1) is 24.5 Å². The van der Waals surface area contributed by atoms with Gasteiger partial charge in [0.05, 0.1) is 10.7 Å². The van der Waals surface area contributed by atoms with E-state index < -0.39 is 0 Å². The molecule has 1 aliphatic heterocycles. The fraction of sp³-hybridized carbons (Fsp3) is 0.346. The SMILES string of the molecule is Cc1nc(Cc2ccc(F)cc2)sc1C(=O)N1CCC(C(=O)NCCc2ccccc2F)CC1. The maximum absolute atomic E-state index is 13.7. The van der Waals surface area contributed by atoms with Crippen LogP contribution in [0.15, 0.2) is 48.5 Å². The molecule has 1 N–H and O–H groups in total. The fourth-order valence-electron chi connectivity index (χ4n) is 4.16. The molecule has 1 aromatic heterocycles. The second kappa shape index (κ2) is 10.9. The first-order chi connectivity index (χ1) is 16.4. The highest BCUT2D eigenvalue weighted by Gasteiger charge is 2.29. The summed E-state index contributed by atoms with van der Waals surface area (Å²) in [5.74, 6) is -0.793. The summed E-state index contributed by atoms with van der Waals surface area (Å²) in [5.41, 5.74) is 2.22. The number of likely N-dealkylation sites (tertiary alicyclic amines) is 1. The summed E-state index contributed by atoms with van der Waals surface area (Å²) in [4.78, 5) is 32.5. The Morgan fingerprint density at radius 1 is 1.09 bits per heavy atom. The molecular formula is C26H27F2N3O2S. The van der Waals surface area contributed by atoms with Crippen LogP contribution >= 0.6 is 11.3 Å². The summed E-state index contributed by atoms with van der Waals surface area (Å²) in [5, 5.41) is 3.72. The van der Waals surface area contributed by atoms with E-state index in [2.05, 4.69) is 10.3 Å². The number of aryl methyl sites for hydroxylation is 1. The van der Waals surface area contributed by atoms with Crippen LogP contribution in [0.2, 0.25) is 0 Å². The van der Waals surface area contributed by atoms with E-state index in [4.69, 9.17) is 0 Å². The van der Waals surface area contributed by atoms with Crippen molar-refractivity contribution in [3.8, 4) is 0 Å². The summed E-state index contributed by atoms with van der Waals surface area (Å²) in [6.07, 6.45) is 2.18. The van der Waals surface area contributed by atoms with Crippen molar-refractivity contribution < 1.29 is 18.4 Å². The van der Waals surface area contributed by atoms with Gasteiger partial charge in [-0.3, -0.25) is 9.59 Å². The molecule has 5 nitrogen and oxygen atoms in total. The monoisotopic (exact) mass is 483 g/mol. The van der Waals surface area contributed by atoms with Gasteiger partial charge in [-0.15, -0.1) is 11.3 Å². The minimum Gasteiger partial charge on any atom is -0.356 e. The van der Waals surface area contributed by atoms with E-state index in [1.807, 2.05) is 6.92 Å². The molecule has 0 aliphatic carbocycles. The first-order valence-electron chi connectivity index (χ1n) is 11.4. The maximum atomic E-state index is 13.7. The summed E-state index contributed by atoms with van der Waals surface area (Å²) in [7, 11) is 0. The first kappa shape index (κ1) is 24.0. The van der Waals surface area contributed by atoms with Crippen molar-refractivity contribution >= 4 is 23.2 Å². The Kier molecular flexibility index (Phi) is 7.67. The molecule has 1 aliphatic rings. The normalized spacial score (nSPS) is 14.3. The Hall–Kier alpha value is -3.13.